The van der Waals surface area contributed by atoms with Gasteiger partial charge in [0, 0.05) is 36.1 Å². The summed E-state index contributed by atoms with van der Waals surface area (Å²) in [4.78, 5) is 24.2. The molecule has 1 aromatic carbocycles. The van der Waals surface area contributed by atoms with Crippen molar-refractivity contribution in [3.8, 4) is 22.8 Å². The van der Waals surface area contributed by atoms with E-state index in [2.05, 4.69) is 23.7 Å². The smallest absolute Gasteiger partial charge is 0.337 e. The standard InChI is InChI=1S/C32H40ClN3O5/c1-21-27(29(30(37)38)41-31(2,3)4)28(36-15-13-32(5,6)14-16-36)23(20-34-21)25-12-11-22(19-35-25)39-17-18-40-26-10-8-7-9-24(26)33/h7-12,19-20,29H,13-18H2,1-6H3,(H,37,38)/t29-/m0/s1. The average Bonchev–Trinajstić information content (AvgIpc) is 2.91. The van der Waals surface area contributed by atoms with Crippen LogP contribution in [-0.2, 0) is 9.53 Å². The number of carboxylic acid groups (broad SMARTS) is 1. The van der Waals surface area contributed by atoms with Gasteiger partial charge in [-0.05, 0) is 70.2 Å². The third kappa shape index (κ3) is 7.89. The fraction of sp³-hybridized carbons (Fsp3) is 0.469. The molecule has 0 spiro atoms. The quantitative estimate of drug-likeness (QED) is 0.253. The molecule has 0 amide bonds. The highest BCUT2D eigenvalue weighted by atomic mass is 35.5. The molecule has 0 radical (unpaired) electrons. The highest BCUT2D eigenvalue weighted by molar-refractivity contribution is 6.32. The van der Waals surface area contributed by atoms with E-state index in [1.165, 1.54) is 0 Å². The van der Waals surface area contributed by atoms with Crippen LogP contribution >= 0.6 is 11.6 Å². The van der Waals surface area contributed by atoms with Crippen LogP contribution in [0.3, 0.4) is 0 Å². The topological polar surface area (TPSA) is 94.0 Å². The number of nitrogens with zero attached hydrogens (tertiary/aromatic N) is 3. The zero-order chi connectivity index (χ0) is 29.8. The number of rotatable bonds is 10. The summed E-state index contributed by atoms with van der Waals surface area (Å²) < 4.78 is 17.7. The number of para-hydroxylation sites is 1. The van der Waals surface area contributed by atoms with Gasteiger partial charge in [0.1, 0.15) is 24.7 Å². The Morgan fingerprint density at radius 3 is 2.34 bits per heavy atom. The molecule has 0 aliphatic carbocycles. The van der Waals surface area contributed by atoms with E-state index in [4.69, 9.17) is 30.8 Å². The van der Waals surface area contributed by atoms with E-state index < -0.39 is 17.7 Å². The molecule has 1 saturated heterocycles. The highest BCUT2D eigenvalue weighted by Crippen LogP contribution is 2.43. The molecular weight excluding hydrogens is 542 g/mol. The molecule has 2 aromatic heterocycles. The molecule has 41 heavy (non-hydrogen) atoms. The van der Waals surface area contributed by atoms with Crippen molar-refractivity contribution < 1.29 is 24.1 Å². The summed E-state index contributed by atoms with van der Waals surface area (Å²) >= 11 is 6.14. The maximum Gasteiger partial charge on any atom is 0.337 e. The Hall–Kier alpha value is -3.36. The lowest BCUT2D eigenvalue weighted by molar-refractivity contribution is -0.160. The van der Waals surface area contributed by atoms with Crippen LogP contribution in [0.5, 0.6) is 11.5 Å². The minimum absolute atomic E-state index is 0.222. The van der Waals surface area contributed by atoms with Crippen molar-refractivity contribution >= 4 is 23.3 Å². The predicted octanol–water partition coefficient (Wildman–Crippen LogP) is 7.13. The number of aliphatic carboxylic acids is 1. The Balaban J connectivity index is 1.62. The Kier molecular flexibility index (Phi) is 9.44. The van der Waals surface area contributed by atoms with E-state index in [1.54, 1.807) is 18.5 Å². The minimum atomic E-state index is -1.17. The zero-order valence-electron chi connectivity index (χ0n) is 24.7. The first-order valence-electron chi connectivity index (χ1n) is 14.0. The number of piperidine rings is 1. The van der Waals surface area contributed by atoms with Gasteiger partial charge in [0.05, 0.1) is 28.2 Å². The van der Waals surface area contributed by atoms with Gasteiger partial charge in [-0.3, -0.25) is 9.97 Å². The van der Waals surface area contributed by atoms with E-state index in [-0.39, 0.29) is 5.41 Å². The van der Waals surface area contributed by atoms with Gasteiger partial charge >= 0.3 is 5.97 Å². The SMILES string of the molecule is Cc1ncc(-c2ccc(OCCOc3ccccc3Cl)cn2)c(N2CCC(C)(C)CC2)c1[C@H](OC(C)(C)C)C(=O)O. The van der Waals surface area contributed by atoms with Crippen molar-refractivity contribution in [3.63, 3.8) is 0 Å². The Morgan fingerprint density at radius 2 is 1.73 bits per heavy atom. The minimum Gasteiger partial charge on any atom is -0.488 e. The van der Waals surface area contributed by atoms with E-state index in [0.29, 0.717) is 46.7 Å². The lowest BCUT2D eigenvalue weighted by Gasteiger charge is -2.40. The van der Waals surface area contributed by atoms with Crippen molar-refractivity contribution in [2.24, 2.45) is 5.41 Å². The maximum absolute atomic E-state index is 12.6. The van der Waals surface area contributed by atoms with E-state index in [0.717, 1.165) is 37.2 Å². The van der Waals surface area contributed by atoms with E-state index >= 15 is 0 Å². The second kappa shape index (κ2) is 12.7. The average molecular weight is 582 g/mol. The zero-order valence-corrected chi connectivity index (χ0v) is 25.5. The third-order valence-corrected chi connectivity index (χ3v) is 7.45. The number of benzene rings is 1. The number of carbonyl (C=O) groups is 1. The van der Waals surface area contributed by atoms with E-state index in [1.807, 2.05) is 58.0 Å². The fourth-order valence-corrected chi connectivity index (χ4v) is 5.06. The molecule has 0 saturated carbocycles. The number of hydrogen-bond acceptors (Lipinski definition) is 7. The lowest BCUT2D eigenvalue weighted by atomic mass is 9.82. The molecule has 3 heterocycles. The fourth-order valence-electron chi connectivity index (χ4n) is 4.87. The number of aromatic nitrogens is 2. The largest absolute Gasteiger partial charge is 0.488 e. The van der Waals surface area contributed by atoms with Gasteiger partial charge < -0.3 is 24.2 Å². The molecular formula is C32H40ClN3O5. The van der Waals surface area contributed by atoms with Crippen molar-refractivity contribution in [2.75, 3.05) is 31.2 Å². The molecule has 1 atom stereocenters. The van der Waals surface area contributed by atoms with Gasteiger partial charge in [0.25, 0.3) is 0 Å². The number of ether oxygens (including phenoxy) is 3. The van der Waals surface area contributed by atoms with Crippen molar-refractivity contribution in [1.82, 2.24) is 9.97 Å². The highest BCUT2D eigenvalue weighted by Gasteiger charge is 2.36. The van der Waals surface area contributed by atoms with Crippen LogP contribution in [0, 0.1) is 12.3 Å². The van der Waals surface area contributed by atoms with Crippen LogP contribution < -0.4 is 14.4 Å². The summed E-state index contributed by atoms with van der Waals surface area (Å²) in [6.45, 7) is 14.2. The number of pyridine rings is 2. The summed E-state index contributed by atoms with van der Waals surface area (Å²) in [7, 11) is 0. The van der Waals surface area contributed by atoms with Crippen molar-refractivity contribution in [3.05, 3.63) is 65.1 Å². The summed E-state index contributed by atoms with van der Waals surface area (Å²) in [6.07, 6.45) is 4.24. The van der Waals surface area contributed by atoms with Crippen LogP contribution in [0.1, 0.15) is 64.8 Å². The molecule has 1 fully saturated rings. The van der Waals surface area contributed by atoms with Crippen LogP contribution in [0.2, 0.25) is 5.02 Å². The second-order valence-corrected chi connectivity index (χ2v) is 12.5. The molecule has 8 nitrogen and oxygen atoms in total. The first-order chi connectivity index (χ1) is 19.3. The van der Waals surface area contributed by atoms with Gasteiger partial charge in [-0.1, -0.05) is 37.6 Å². The second-order valence-electron chi connectivity index (χ2n) is 12.1. The van der Waals surface area contributed by atoms with Crippen molar-refractivity contribution in [2.45, 2.75) is 66.1 Å². The van der Waals surface area contributed by atoms with Crippen molar-refractivity contribution in [1.29, 1.82) is 0 Å². The molecule has 1 aliphatic heterocycles. The molecule has 220 valence electrons. The van der Waals surface area contributed by atoms with Gasteiger partial charge in [0.15, 0.2) is 6.10 Å². The molecule has 4 rings (SSSR count). The molecule has 0 unspecified atom stereocenters. The number of hydrogen-bond donors (Lipinski definition) is 1. The Labute approximate surface area is 247 Å². The van der Waals surface area contributed by atoms with Crippen LogP contribution in [0.15, 0.2) is 48.8 Å². The number of halogens is 1. The number of anilines is 1. The van der Waals surface area contributed by atoms with Gasteiger partial charge in [0.2, 0.25) is 0 Å². The summed E-state index contributed by atoms with van der Waals surface area (Å²) in [5, 5.41) is 10.8. The molecule has 0 bridgehead atoms. The number of carboxylic acids is 1. The van der Waals surface area contributed by atoms with Crippen LogP contribution in [0.25, 0.3) is 11.3 Å². The van der Waals surface area contributed by atoms with Crippen LogP contribution in [0.4, 0.5) is 5.69 Å². The molecule has 3 aromatic rings. The van der Waals surface area contributed by atoms with Crippen LogP contribution in [-0.4, -0.2) is 52.9 Å². The first-order valence-corrected chi connectivity index (χ1v) is 14.3. The normalized spacial score (nSPS) is 15.8. The molecule has 1 aliphatic rings. The summed E-state index contributed by atoms with van der Waals surface area (Å²) in [6, 6.07) is 11.0. The number of aryl methyl sites for hydroxylation is 1. The Morgan fingerprint density at radius 1 is 1.05 bits per heavy atom. The van der Waals surface area contributed by atoms with E-state index in [9.17, 15) is 9.90 Å². The summed E-state index contributed by atoms with van der Waals surface area (Å²) in [5.74, 6) is 0.159. The van der Waals surface area contributed by atoms with Gasteiger partial charge in [-0.25, -0.2) is 4.79 Å². The summed E-state index contributed by atoms with van der Waals surface area (Å²) in [5.41, 5.74) is 3.02. The monoisotopic (exact) mass is 581 g/mol. The molecule has 9 heteroatoms. The van der Waals surface area contributed by atoms with Gasteiger partial charge in [-0.15, -0.1) is 0 Å². The predicted molar refractivity (Wildman–Crippen MR) is 161 cm³/mol. The lowest BCUT2D eigenvalue weighted by Crippen LogP contribution is -2.39. The van der Waals surface area contributed by atoms with Gasteiger partial charge in [-0.2, -0.15) is 0 Å². The third-order valence-electron chi connectivity index (χ3n) is 7.14. The molecule has 1 N–H and O–H groups in total. The maximum atomic E-state index is 12.6. The Bertz CT molecular complexity index is 1340. The first kappa shape index (κ1) is 30.6.